The van der Waals surface area contributed by atoms with Gasteiger partial charge in [0.25, 0.3) is 5.91 Å². The van der Waals surface area contributed by atoms with Gasteiger partial charge in [-0.15, -0.1) is 11.3 Å². The van der Waals surface area contributed by atoms with E-state index < -0.39 is 11.9 Å². The van der Waals surface area contributed by atoms with Crippen molar-refractivity contribution in [3.8, 4) is 17.2 Å². The summed E-state index contributed by atoms with van der Waals surface area (Å²) in [7, 11) is 4.47. The van der Waals surface area contributed by atoms with E-state index in [1.807, 2.05) is 34.6 Å². The second-order valence-electron chi connectivity index (χ2n) is 7.71. The number of amides is 2. The van der Waals surface area contributed by atoms with E-state index in [1.54, 1.807) is 23.5 Å². The quantitative estimate of drug-likeness (QED) is 0.605. The van der Waals surface area contributed by atoms with E-state index in [9.17, 15) is 9.59 Å². The van der Waals surface area contributed by atoms with Gasteiger partial charge in [0.2, 0.25) is 11.7 Å². The van der Waals surface area contributed by atoms with E-state index in [0.29, 0.717) is 22.8 Å². The molecule has 31 heavy (non-hydrogen) atoms. The maximum Gasteiger partial charge on any atom is 0.252 e. The third kappa shape index (κ3) is 5.70. The minimum Gasteiger partial charge on any atom is -0.493 e. The lowest BCUT2D eigenvalue weighted by Crippen LogP contribution is -2.50. The first-order valence-corrected chi connectivity index (χ1v) is 10.9. The van der Waals surface area contributed by atoms with Crippen LogP contribution in [0.5, 0.6) is 17.2 Å². The maximum atomic E-state index is 13.0. The molecule has 2 rings (SSSR count). The van der Waals surface area contributed by atoms with Crippen molar-refractivity contribution in [1.82, 2.24) is 10.6 Å². The standard InChI is InChI=1S/C23H32N2O5S/c1-12(2)20(23(27)24-14(4)17-9-13(3)31-15(17)5)25-22(26)16-10-18(28-6)21(30-8)19(11-16)29-7/h9-12,14,20H,1-8H3,(H,24,27)(H,25,26)/t14-,20+/m0/s1. The van der Waals surface area contributed by atoms with E-state index >= 15 is 0 Å². The summed E-state index contributed by atoms with van der Waals surface area (Å²) in [5.74, 6) is 0.400. The van der Waals surface area contributed by atoms with Crippen molar-refractivity contribution >= 4 is 23.2 Å². The van der Waals surface area contributed by atoms with Crippen LogP contribution in [0.2, 0.25) is 0 Å². The van der Waals surface area contributed by atoms with Gasteiger partial charge in [0.1, 0.15) is 6.04 Å². The van der Waals surface area contributed by atoms with Gasteiger partial charge in [-0.05, 0) is 50.5 Å². The number of rotatable bonds is 9. The minimum absolute atomic E-state index is 0.108. The Hall–Kier alpha value is -2.74. The number of hydrogen-bond acceptors (Lipinski definition) is 6. The number of hydrogen-bond donors (Lipinski definition) is 2. The van der Waals surface area contributed by atoms with E-state index in [-0.39, 0.29) is 17.9 Å². The van der Waals surface area contributed by atoms with Gasteiger partial charge in [-0.1, -0.05) is 13.8 Å². The number of carbonyl (C=O) groups is 2. The summed E-state index contributed by atoms with van der Waals surface area (Å²) in [6, 6.07) is 4.35. The number of carbonyl (C=O) groups excluding carboxylic acids is 2. The topological polar surface area (TPSA) is 85.9 Å². The molecule has 0 fully saturated rings. The van der Waals surface area contributed by atoms with Crippen LogP contribution in [0, 0.1) is 19.8 Å². The summed E-state index contributed by atoms with van der Waals surface area (Å²) >= 11 is 1.70. The highest BCUT2D eigenvalue weighted by Gasteiger charge is 2.27. The Balaban J connectivity index is 2.22. The number of thiophene rings is 1. The first-order chi connectivity index (χ1) is 14.6. The molecule has 7 nitrogen and oxygen atoms in total. The van der Waals surface area contributed by atoms with E-state index in [1.165, 1.54) is 31.1 Å². The van der Waals surface area contributed by atoms with Gasteiger partial charge in [-0.25, -0.2) is 0 Å². The monoisotopic (exact) mass is 448 g/mol. The molecule has 0 aliphatic rings. The SMILES string of the molecule is COc1cc(C(=O)N[C@@H](C(=O)N[C@@H](C)c2cc(C)sc2C)C(C)C)cc(OC)c1OC. The fourth-order valence-corrected chi connectivity index (χ4v) is 4.46. The molecule has 170 valence electrons. The average Bonchev–Trinajstić information content (AvgIpc) is 3.08. The summed E-state index contributed by atoms with van der Waals surface area (Å²) in [5.41, 5.74) is 1.40. The van der Waals surface area contributed by atoms with Gasteiger partial charge in [0, 0.05) is 15.3 Å². The molecule has 0 aliphatic heterocycles. The molecule has 0 saturated heterocycles. The predicted octanol–water partition coefficient (Wildman–Crippen LogP) is 4.02. The van der Waals surface area contributed by atoms with E-state index in [4.69, 9.17) is 14.2 Å². The second-order valence-corrected chi connectivity index (χ2v) is 9.17. The van der Waals surface area contributed by atoms with Crippen molar-refractivity contribution in [2.45, 2.75) is 46.7 Å². The summed E-state index contributed by atoms with van der Waals surface area (Å²) in [6.45, 7) is 9.83. The smallest absolute Gasteiger partial charge is 0.252 e. The molecule has 1 aromatic heterocycles. The molecule has 2 aromatic rings. The number of nitrogens with one attached hydrogen (secondary N) is 2. The first-order valence-electron chi connectivity index (χ1n) is 10.1. The van der Waals surface area contributed by atoms with Gasteiger partial charge < -0.3 is 24.8 Å². The van der Waals surface area contributed by atoms with Crippen LogP contribution in [0.4, 0.5) is 0 Å². The largest absolute Gasteiger partial charge is 0.493 e. The van der Waals surface area contributed by atoms with Crippen LogP contribution >= 0.6 is 11.3 Å². The Bertz CT molecular complexity index is 913. The van der Waals surface area contributed by atoms with Crippen molar-refractivity contribution in [2.75, 3.05) is 21.3 Å². The molecule has 0 unspecified atom stereocenters. The maximum absolute atomic E-state index is 13.0. The molecule has 0 aliphatic carbocycles. The highest BCUT2D eigenvalue weighted by molar-refractivity contribution is 7.12. The van der Waals surface area contributed by atoms with Gasteiger partial charge in [-0.3, -0.25) is 9.59 Å². The molecule has 2 atom stereocenters. The molecule has 2 N–H and O–H groups in total. The summed E-state index contributed by atoms with van der Waals surface area (Å²) < 4.78 is 15.9. The third-order valence-corrected chi connectivity index (χ3v) is 6.05. The predicted molar refractivity (Wildman–Crippen MR) is 123 cm³/mol. The van der Waals surface area contributed by atoms with Gasteiger partial charge in [0.05, 0.1) is 27.4 Å². The van der Waals surface area contributed by atoms with Crippen LogP contribution in [-0.4, -0.2) is 39.2 Å². The van der Waals surface area contributed by atoms with Crippen LogP contribution in [0.1, 0.15) is 52.5 Å². The Labute approximate surface area is 188 Å². The molecule has 0 radical (unpaired) electrons. The zero-order valence-electron chi connectivity index (χ0n) is 19.4. The molecular weight excluding hydrogens is 416 g/mol. The van der Waals surface area contributed by atoms with Crippen molar-refractivity contribution in [2.24, 2.45) is 5.92 Å². The number of methoxy groups -OCH3 is 3. The lowest BCUT2D eigenvalue weighted by molar-refractivity contribution is -0.124. The highest BCUT2D eigenvalue weighted by Crippen LogP contribution is 2.38. The fraction of sp³-hybridized carbons (Fsp3) is 0.478. The van der Waals surface area contributed by atoms with Gasteiger partial charge in [0.15, 0.2) is 11.5 Å². The summed E-state index contributed by atoms with van der Waals surface area (Å²) in [6.07, 6.45) is 0. The minimum atomic E-state index is -0.700. The average molecular weight is 449 g/mol. The summed E-state index contributed by atoms with van der Waals surface area (Å²) in [5, 5.41) is 5.88. The lowest BCUT2D eigenvalue weighted by Gasteiger charge is -2.24. The van der Waals surface area contributed by atoms with Crippen LogP contribution < -0.4 is 24.8 Å². The van der Waals surface area contributed by atoms with Crippen molar-refractivity contribution < 1.29 is 23.8 Å². The van der Waals surface area contributed by atoms with E-state index in [0.717, 1.165) is 5.56 Å². The van der Waals surface area contributed by atoms with Crippen LogP contribution in [0.15, 0.2) is 18.2 Å². The molecule has 1 aromatic carbocycles. The van der Waals surface area contributed by atoms with Crippen LogP contribution in [0.25, 0.3) is 0 Å². The Morgan fingerprint density at radius 3 is 1.90 bits per heavy atom. The number of ether oxygens (including phenoxy) is 3. The Morgan fingerprint density at radius 1 is 0.903 bits per heavy atom. The van der Waals surface area contributed by atoms with E-state index in [2.05, 4.69) is 16.7 Å². The normalized spacial score (nSPS) is 12.8. The number of benzene rings is 1. The molecule has 0 spiro atoms. The molecule has 0 saturated carbocycles. The molecular formula is C23H32N2O5S. The zero-order chi connectivity index (χ0) is 23.3. The van der Waals surface area contributed by atoms with Crippen LogP contribution in [-0.2, 0) is 4.79 Å². The fourth-order valence-electron chi connectivity index (χ4n) is 3.43. The first kappa shape index (κ1) is 24.5. The zero-order valence-corrected chi connectivity index (χ0v) is 20.2. The lowest BCUT2D eigenvalue weighted by atomic mass is 10.0. The van der Waals surface area contributed by atoms with Crippen molar-refractivity contribution in [3.05, 3.63) is 39.1 Å². The Kier molecular flexibility index (Phi) is 8.33. The summed E-state index contributed by atoms with van der Waals surface area (Å²) in [4.78, 5) is 28.4. The second kappa shape index (κ2) is 10.5. The van der Waals surface area contributed by atoms with Crippen molar-refractivity contribution in [3.63, 3.8) is 0 Å². The molecule has 1 heterocycles. The molecule has 2 amide bonds. The van der Waals surface area contributed by atoms with Crippen LogP contribution in [0.3, 0.4) is 0 Å². The third-order valence-electron chi connectivity index (χ3n) is 5.07. The molecule has 0 bridgehead atoms. The number of aryl methyl sites for hydroxylation is 2. The van der Waals surface area contributed by atoms with Crippen molar-refractivity contribution in [1.29, 1.82) is 0 Å². The van der Waals surface area contributed by atoms with Gasteiger partial charge >= 0.3 is 0 Å². The highest BCUT2D eigenvalue weighted by atomic mass is 32.1. The molecule has 8 heteroatoms. The van der Waals surface area contributed by atoms with Gasteiger partial charge in [-0.2, -0.15) is 0 Å². The Morgan fingerprint density at radius 2 is 1.48 bits per heavy atom.